The molecule has 2 rings (SSSR count). The Morgan fingerprint density at radius 3 is 2.20 bits per heavy atom. The van der Waals surface area contributed by atoms with Crippen LogP contribution in [0.2, 0.25) is 0 Å². The van der Waals surface area contributed by atoms with Crippen molar-refractivity contribution in [3.63, 3.8) is 0 Å². The highest BCUT2D eigenvalue weighted by atomic mass is 79.9. The topological polar surface area (TPSA) is 35.2 Å². The minimum atomic E-state index is -0.185. The third kappa shape index (κ3) is 3.43. The lowest BCUT2D eigenvalue weighted by Crippen LogP contribution is -2.13. The monoisotopic (exact) mass is 397 g/mol. The van der Waals surface area contributed by atoms with Gasteiger partial charge in [0.05, 0.1) is 12.6 Å². The third-order valence-corrected chi connectivity index (χ3v) is 4.48. The second-order valence-corrected chi connectivity index (χ2v) is 6.33. The van der Waals surface area contributed by atoms with E-state index < -0.39 is 0 Å². The first kappa shape index (κ1) is 15.5. The number of hydrogen-bond donors (Lipinski definition) is 1. The van der Waals surface area contributed by atoms with Gasteiger partial charge in [0.25, 0.3) is 0 Å². The molecule has 0 aliphatic rings. The van der Waals surface area contributed by atoms with Crippen LogP contribution in [0, 0.1) is 6.92 Å². The maximum absolute atomic E-state index is 6.39. The predicted molar refractivity (Wildman–Crippen MR) is 90.2 cm³/mol. The lowest BCUT2D eigenvalue weighted by molar-refractivity contribution is 0.340. The second-order valence-electron chi connectivity index (χ2n) is 4.62. The summed E-state index contributed by atoms with van der Waals surface area (Å²) >= 11 is 7.17. The molecule has 0 amide bonds. The van der Waals surface area contributed by atoms with Crippen LogP contribution in [0.5, 0.6) is 5.75 Å². The van der Waals surface area contributed by atoms with Gasteiger partial charge in [0.2, 0.25) is 0 Å². The van der Waals surface area contributed by atoms with Crippen molar-refractivity contribution in [1.82, 2.24) is 0 Å². The predicted octanol–water partition coefficient (Wildman–Crippen LogP) is 4.97. The summed E-state index contributed by atoms with van der Waals surface area (Å²) in [7, 11) is 0. The van der Waals surface area contributed by atoms with Gasteiger partial charge in [-0.2, -0.15) is 0 Å². The molecule has 0 aliphatic carbocycles. The number of hydrogen-bond acceptors (Lipinski definition) is 2. The molecule has 4 heteroatoms. The number of rotatable bonds is 4. The fourth-order valence-corrected chi connectivity index (χ4v) is 3.41. The first-order chi connectivity index (χ1) is 9.52. The molecule has 0 spiro atoms. The summed E-state index contributed by atoms with van der Waals surface area (Å²) in [6.07, 6.45) is 0. The van der Waals surface area contributed by atoms with Crippen LogP contribution in [0.3, 0.4) is 0 Å². The van der Waals surface area contributed by atoms with Crippen molar-refractivity contribution in [2.24, 2.45) is 5.73 Å². The van der Waals surface area contributed by atoms with Crippen LogP contribution in [0.4, 0.5) is 0 Å². The van der Waals surface area contributed by atoms with Crippen molar-refractivity contribution in [2.75, 3.05) is 6.61 Å². The van der Waals surface area contributed by atoms with Crippen LogP contribution in [-0.2, 0) is 0 Å². The molecule has 0 saturated heterocycles. The maximum Gasteiger partial charge on any atom is 0.120 e. The molecule has 0 aromatic heterocycles. The number of ether oxygens (including phenoxy) is 1. The minimum absolute atomic E-state index is 0.185. The van der Waals surface area contributed by atoms with Crippen molar-refractivity contribution in [2.45, 2.75) is 19.9 Å². The lowest BCUT2D eigenvalue weighted by atomic mass is 9.98. The summed E-state index contributed by atoms with van der Waals surface area (Å²) in [5, 5.41) is 0. The quantitative estimate of drug-likeness (QED) is 0.789. The summed E-state index contributed by atoms with van der Waals surface area (Å²) in [5.41, 5.74) is 9.71. The number of benzene rings is 2. The average Bonchev–Trinajstić information content (AvgIpc) is 2.38. The largest absolute Gasteiger partial charge is 0.494 e. The molecule has 1 atom stereocenters. The number of halogens is 2. The Hall–Kier alpha value is -0.840. The van der Waals surface area contributed by atoms with Crippen LogP contribution < -0.4 is 10.5 Å². The van der Waals surface area contributed by atoms with Crippen molar-refractivity contribution >= 4 is 31.9 Å². The second kappa shape index (κ2) is 6.74. The van der Waals surface area contributed by atoms with E-state index >= 15 is 0 Å². The summed E-state index contributed by atoms with van der Waals surface area (Å²) < 4.78 is 7.48. The Morgan fingerprint density at radius 2 is 1.65 bits per heavy atom. The van der Waals surface area contributed by atoms with Crippen LogP contribution in [0.1, 0.15) is 29.7 Å². The van der Waals surface area contributed by atoms with Crippen LogP contribution >= 0.6 is 31.9 Å². The molecule has 1 unspecified atom stereocenters. The molecule has 2 aromatic carbocycles. The molecule has 0 bridgehead atoms. The van der Waals surface area contributed by atoms with E-state index in [0.717, 1.165) is 25.8 Å². The fourth-order valence-electron chi connectivity index (χ4n) is 2.07. The molecule has 2 aromatic rings. The van der Waals surface area contributed by atoms with Crippen molar-refractivity contribution < 1.29 is 4.74 Å². The smallest absolute Gasteiger partial charge is 0.120 e. The van der Waals surface area contributed by atoms with Gasteiger partial charge in [0.1, 0.15) is 5.75 Å². The van der Waals surface area contributed by atoms with E-state index in [1.807, 2.05) is 25.1 Å². The van der Waals surface area contributed by atoms with Crippen molar-refractivity contribution in [3.05, 3.63) is 62.0 Å². The SMILES string of the molecule is CCOc1ccc(C(N)c2ccc(C)cc2Br)c(Br)c1. The van der Waals surface area contributed by atoms with Crippen molar-refractivity contribution in [1.29, 1.82) is 0 Å². The van der Waals surface area contributed by atoms with E-state index in [-0.39, 0.29) is 6.04 Å². The summed E-state index contributed by atoms with van der Waals surface area (Å²) in [4.78, 5) is 0. The van der Waals surface area contributed by atoms with Gasteiger partial charge in [0, 0.05) is 8.95 Å². The number of aryl methyl sites for hydroxylation is 1. The van der Waals surface area contributed by atoms with Gasteiger partial charge in [-0.15, -0.1) is 0 Å². The molecular weight excluding hydrogens is 382 g/mol. The molecular formula is C16H17Br2NO. The summed E-state index contributed by atoms with van der Waals surface area (Å²) in [6.45, 7) is 4.69. The van der Waals surface area contributed by atoms with E-state index in [0.29, 0.717) is 6.61 Å². The molecule has 20 heavy (non-hydrogen) atoms. The zero-order valence-corrected chi connectivity index (χ0v) is 14.7. The fraction of sp³-hybridized carbons (Fsp3) is 0.250. The Kier molecular flexibility index (Phi) is 5.24. The highest BCUT2D eigenvalue weighted by Gasteiger charge is 2.15. The number of nitrogens with two attached hydrogens (primary N) is 1. The van der Waals surface area contributed by atoms with E-state index in [4.69, 9.17) is 10.5 Å². The van der Waals surface area contributed by atoms with Gasteiger partial charge in [0.15, 0.2) is 0 Å². The highest BCUT2D eigenvalue weighted by Crippen LogP contribution is 2.33. The van der Waals surface area contributed by atoms with Gasteiger partial charge in [-0.25, -0.2) is 0 Å². The normalized spacial score (nSPS) is 12.2. The maximum atomic E-state index is 6.39. The van der Waals surface area contributed by atoms with Gasteiger partial charge in [-0.05, 0) is 48.7 Å². The van der Waals surface area contributed by atoms with Crippen LogP contribution in [0.15, 0.2) is 45.3 Å². The molecule has 106 valence electrons. The van der Waals surface area contributed by atoms with Crippen molar-refractivity contribution in [3.8, 4) is 5.75 Å². The average molecular weight is 399 g/mol. The Balaban J connectivity index is 2.35. The van der Waals surface area contributed by atoms with Crippen LogP contribution in [0.25, 0.3) is 0 Å². The zero-order valence-electron chi connectivity index (χ0n) is 11.5. The van der Waals surface area contributed by atoms with Gasteiger partial charge in [-0.3, -0.25) is 0 Å². The first-order valence-electron chi connectivity index (χ1n) is 6.46. The Labute approximate surface area is 136 Å². The lowest BCUT2D eigenvalue weighted by Gasteiger charge is -2.17. The molecule has 0 radical (unpaired) electrons. The van der Waals surface area contributed by atoms with Gasteiger partial charge in [-0.1, -0.05) is 50.1 Å². The highest BCUT2D eigenvalue weighted by molar-refractivity contribution is 9.10. The summed E-state index contributed by atoms with van der Waals surface area (Å²) in [5.74, 6) is 0.846. The van der Waals surface area contributed by atoms with Crippen LogP contribution in [-0.4, -0.2) is 6.61 Å². The molecule has 0 heterocycles. The molecule has 2 N–H and O–H groups in total. The van der Waals surface area contributed by atoms with Gasteiger partial charge < -0.3 is 10.5 Å². The molecule has 0 fully saturated rings. The molecule has 0 aliphatic heterocycles. The minimum Gasteiger partial charge on any atom is -0.494 e. The first-order valence-corrected chi connectivity index (χ1v) is 8.05. The Bertz CT molecular complexity index is 613. The van der Waals surface area contributed by atoms with E-state index in [1.54, 1.807) is 0 Å². The zero-order chi connectivity index (χ0) is 14.7. The standard InChI is InChI=1S/C16H17Br2NO/c1-3-20-11-5-7-13(15(18)9-11)16(19)12-6-4-10(2)8-14(12)17/h4-9,16H,3,19H2,1-2H3. The summed E-state index contributed by atoms with van der Waals surface area (Å²) in [6, 6.07) is 11.9. The molecule has 2 nitrogen and oxygen atoms in total. The third-order valence-electron chi connectivity index (χ3n) is 3.11. The van der Waals surface area contributed by atoms with Gasteiger partial charge >= 0.3 is 0 Å². The van der Waals surface area contributed by atoms with E-state index in [9.17, 15) is 0 Å². The Morgan fingerprint density at radius 1 is 1.05 bits per heavy atom. The molecule has 0 saturated carbocycles. The van der Waals surface area contributed by atoms with E-state index in [2.05, 4.69) is 57.0 Å². The van der Waals surface area contributed by atoms with E-state index in [1.165, 1.54) is 5.56 Å².